The smallest absolute Gasteiger partial charge is 0.269 e. The van der Waals surface area contributed by atoms with Crippen molar-refractivity contribution < 1.29 is 10.0 Å². The summed E-state index contributed by atoms with van der Waals surface area (Å²) in [7, 11) is 0. The van der Waals surface area contributed by atoms with Crippen LogP contribution in [0.4, 0.5) is 5.69 Å². The van der Waals surface area contributed by atoms with Crippen LogP contribution in [0.15, 0.2) is 77.6 Å². The Hall–Kier alpha value is -3.03. The van der Waals surface area contributed by atoms with Crippen LogP contribution < -0.4 is 4.80 Å². The van der Waals surface area contributed by atoms with E-state index in [1.807, 2.05) is 40.3 Å². The molecule has 6 nitrogen and oxygen atoms in total. The van der Waals surface area contributed by atoms with Crippen molar-refractivity contribution in [3.63, 3.8) is 0 Å². The molecule has 0 amide bonds. The Bertz CT molecular complexity index is 991. The molecular weight excluding hydrogens is 362 g/mol. The van der Waals surface area contributed by atoms with Crippen LogP contribution in [0, 0.1) is 10.1 Å². The third-order valence-electron chi connectivity index (χ3n) is 4.07. The molecule has 0 bridgehead atoms. The molecule has 0 radical (unpaired) electrons. The van der Waals surface area contributed by atoms with E-state index in [1.165, 1.54) is 23.5 Å². The molecular formula is C20H19N3O3S. The number of thiazole rings is 1. The van der Waals surface area contributed by atoms with Gasteiger partial charge in [-0.25, -0.2) is 0 Å². The monoisotopic (exact) mass is 381 g/mol. The molecule has 3 aromatic rings. The minimum Gasteiger partial charge on any atom is -0.387 e. The van der Waals surface area contributed by atoms with Crippen LogP contribution >= 0.6 is 11.3 Å². The molecule has 0 saturated carbocycles. The number of aliphatic hydroxyl groups is 1. The van der Waals surface area contributed by atoms with Gasteiger partial charge in [-0.1, -0.05) is 36.4 Å². The van der Waals surface area contributed by atoms with E-state index in [4.69, 9.17) is 0 Å². The summed E-state index contributed by atoms with van der Waals surface area (Å²) in [6.45, 7) is 4.48. The molecule has 2 aromatic carbocycles. The molecule has 0 aliphatic heterocycles. The normalized spacial score (nSPS) is 12.7. The number of benzene rings is 2. The second kappa shape index (κ2) is 8.57. The number of nitro benzene ring substituents is 1. The van der Waals surface area contributed by atoms with Gasteiger partial charge in [0, 0.05) is 17.5 Å². The molecule has 1 heterocycles. The number of aromatic nitrogens is 1. The Morgan fingerprint density at radius 3 is 2.56 bits per heavy atom. The summed E-state index contributed by atoms with van der Waals surface area (Å²) in [6.07, 6.45) is 0.907. The van der Waals surface area contributed by atoms with Crippen LogP contribution in [0.2, 0.25) is 0 Å². The lowest BCUT2D eigenvalue weighted by molar-refractivity contribution is -0.384. The van der Waals surface area contributed by atoms with Gasteiger partial charge in [-0.05, 0) is 23.3 Å². The van der Waals surface area contributed by atoms with Gasteiger partial charge in [-0.3, -0.25) is 15.1 Å². The van der Waals surface area contributed by atoms with Crippen molar-refractivity contribution in [1.82, 2.24) is 4.57 Å². The van der Waals surface area contributed by atoms with Crippen molar-refractivity contribution in [1.29, 1.82) is 0 Å². The van der Waals surface area contributed by atoms with Gasteiger partial charge in [0.15, 0.2) is 4.80 Å². The fraction of sp³-hybridized carbons (Fsp3) is 0.150. The highest BCUT2D eigenvalue weighted by Crippen LogP contribution is 2.24. The van der Waals surface area contributed by atoms with Gasteiger partial charge >= 0.3 is 0 Å². The molecule has 0 aliphatic rings. The summed E-state index contributed by atoms with van der Waals surface area (Å²) < 4.78 is 1.97. The van der Waals surface area contributed by atoms with Crippen LogP contribution in [0.5, 0.6) is 0 Å². The SMILES string of the molecule is C=CCN=c1scc(-c2ccccc2)n1C[C@H](O)c1ccc([N+](=O)[O-])cc1. The van der Waals surface area contributed by atoms with Crippen molar-refractivity contribution in [3.05, 3.63) is 93.1 Å². The van der Waals surface area contributed by atoms with Crippen molar-refractivity contribution >= 4 is 17.0 Å². The van der Waals surface area contributed by atoms with Gasteiger partial charge in [-0.15, -0.1) is 17.9 Å². The summed E-state index contributed by atoms with van der Waals surface area (Å²) in [4.78, 5) is 15.7. The van der Waals surface area contributed by atoms with Crippen LogP contribution in [0.25, 0.3) is 11.3 Å². The molecule has 1 atom stereocenters. The molecule has 27 heavy (non-hydrogen) atoms. The van der Waals surface area contributed by atoms with E-state index in [0.29, 0.717) is 18.7 Å². The van der Waals surface area contributed by atoms with Gasteiger partial charge in [0.25, 0.3) is 5.69 Å². The molecule has 1 aromatic heterocycles. The third kappa shape index (κ3) is 4.39. The number of rotatable bonds is 7. The maximum absolute atomic E-state index is 10.8. The molecule has 0 fully saturated rings. The zero-order chi connectivity index (χ0) is 19.2. The summed E-state index contributed by atoms with van der Waals surface area (Å²) in [5.41, 5.74) is 2.61. The highest BCUT2D eigenvalue weighted by molar-refractivity contribution is 7.07. The first-order valence-corrected chi connectivity index (χ1v) is 9.25. The average Bonchev–Trinajstić information content (AvgIpc) is 3.09. The predicted octanol–water partition coefficient (Wildman–Crippen LogP) is 3.95. The Labute approximate surface area is 160 Å². The first-order chi connectivity index (χ1) is 13.1. The Kier molecular flexibility index (Phi) is 5.95. The highest BCUT2D eigenvalue weighted by atomic mass is 32.1. The number of hydrogen-bond acceptors (Lipinski definition) is 5. The van der Waals surface area contributed by atoms with E-state index in [9.17, 15) is 15.2 Å². The number of hydrogen-bond donors (Lipinski definition) is 1. The van der Waals surface area contributed by atoms with Gasteiger partial charge < -0.3 is 9.67 Å². The van der Waals surface area contributed by atoms with Crippen LogP contribution in [-0.4, -0.2) is 21.1 Å². The topological polar surface area (TPSA) is 80.7 Å². The van der Waals surface area contributed by atoms with Crippen molar-refractivity contribution in [2.24, 2.45) is 4.99 Å². The standard InChI is InChI=1S/C20H19N3O3S/c1-2-12-21-20-22(18(14-27-20)15-6-4-3-5-7-15)13-19(24)16-8-10-17(11-9-16)23(25)26/h2-11,14,19,24H,1,12-13H2/t19-/m0/s1. The second-order valence-corrected chi connectivity index (χ2v) is 6.71. The zero-order valence-electron chi connectivity index (χ0n) is 14.6. The minimum absolute atomic E-state index is 0.000725. The quantitative estimate of drug-likeness (QED) is 0.382. The van der Waals surface area contributed by atoms with E-state index in [2.05, 4.69) is 11.6 Å². The third-order valence-corrected chi connectivity index (χ3v) is 4.97. The van der Waals surface area contributed by atoms with Crippen molar-refractivity contribution in [2.75, 3.05) is 6.54 Å². The highest BCUT2D eigenvalue weighted by Gasteiger charge is 2.15. The molecule has 1 N–H and O–H groups in total. The largest absolute Gasteiger partial charge is 0.387 e. The molecule has 0 spiro atoms. The van der Waals surface area contributed by atoms with Crippen LogP contribution in [-0.2, 0) is 6.54 Å². The molecule has 0 unspecified atom stereocenters. The summed E-state index contributed by atoms with van der Waals surface area (Å²) in [6, 6.07) is 15.9. The first-order valence-electron chi connectivity index (χ1n) is 8.37. The van der Waals surface area contributed by atoms with Crippen molar-refractivity contribution in [3.8, 4) is 11.3 Å². The molecule has 3 rings (SSSR count). The number of non-ortho nitro benzene ring substituents is 1. The second-order valence-electron chi connectivity index (χ2n) is 5.87. The molecule has 138 valence electrons. The lowest BCUT2D eigenvalue weighted by Gasteiger charge is -2.15. The Morgan fingerprint density at radius 2 is 1.93 bits per heavy atom. The first kappa shape index (κ1) is 18.8. The number of aliphatic hydroxyl groups excluding tert-OH is 1. The summed E-state index contributed by atoms with van der Waals surface area (Å²) in [5, 5.41) is 23.5. The lowest BCUT2D eigenvalue weighted by atomic mass is 10.1. The van der Waals surface area contributed by atoms with Crippen molar-refractivity contribution in [2.45, 2.75) is 12.6 Å². The maximum Gasteiger partial charge on any atom is 0.269 e. The lowest BCUT2D eigenvalue weighted by Crippen LogP contribution is -2.21. The number of nitro groups is 1. The Balaban J connectivity index is 1.95. The zero-order valence-corrected chi connectivity index (χ0v) is 15.4. The molecule has 0 aliphatic carbocycles. The van der Waals surface area contributed by atoms with E-state index in [0.717, 1.165) is 16.1 Å². The van der Waals surface area contributed by atoms with Gasteiger partial charge in [0.05, 0.1) is 29.8 Å². The van der Waals surface area contributed by atoms with Gasteiger partial charge in [0.1, 0.15) is 0 Å². The fourth-order valence-corrected chi connectivity index (χ4v) is 3.64. The fourth-order valence-electron chi connectivity index (χ4n) is 2.71. The number of nitrogens with zero attached hydrogens (tertiary/aromatic N) is 3. The summed E-state index contributed by atoms with van der Waals surface area (Å²) in [5.74, 6) is 0. The van der Waals surface area contributed by atoms with Gasteiger partial charge in [-0.2, -0.15) is 0 Å². The maximum atomic E-state index is 10.8. The van der Waals surface area contributed by atoms with E-state index in [1.54, 1.807) is 18.2 Å². The van der Waals surface area contributed by atoms with Gasteiger partial charge in [0.2, 0.25) is 0 Å². The molecule has 7 heteroatoms. The summed E-state index contributed by atoms with van der Waals surface area (Å²) >= 11 is 1.50. The van der Waals surface area contributed by atoms with E-state index < -0.39 is 11.0 Å². The average molecular weight is 381 g/mol. The van der Waals surface area contributed by atoms with Crippen LogP contribution in [0.3, 0.4) is 0 Å². The molecule has 0 saturated heterocycles. The van der Waals surface area contributed by atoms with Crippen LogP contribution in [0.1, 0.15) is 11.7 Å². The predicted molar refractivity (Wildman–Crippen MR) is 106 cm³/mol. The van der Waals surface area contributed by atoms with E-state index in [-0.39, 0.29) is 5.69 Å². The van der Waals surface area contributed by atoms with E-state index >= 15 is 0 Å². The Morgan fingerprint density at radius 1 is 1.22 bits per heavy atom. The minimum atomic E-state index is -0.814.